The van der Waals surface area contributed by atoms with Crippen LogP contribution in [0, 0.1) is 5.92 Å². The Labute approximate surface area is 176 Å². The molecule has 4 rings (SSSR count). The number of nitrogens with one attached hydrogen (secondary N) is 1. The standard InChI is InChI=1S/C24H27N3O3/c1-16(2)13-14-25-21(28)12-7-15-26-22-17-8-3-4-9-18(17)24(30)27(22)20-11-6-5-10-19(20)23(26)29/h3-6,8-11,16,22H,7,12-15H2,1-2H3,(H,25,28)/t22-/m0/s1. The Kier molecular flexibility index (Phi) is 5.57. The van der Waals surface area contributed by atoms with Gasteiger partial charge in [0.15, 0.2) is 0 Å². The minimum absolute atomic E-state index is 0.000244. The Balaban J connectivity index is 1.54. The van der Waals surface area contributed by atoms with Crippen molar-refractivity contribution in [3.05, 3.63) is 65.2 Å². The molecule has 0 aromatic heterocycles. The van der Waals surface area contributed by atoms with E-state index in [4.69, 9.17) is 0 Å². The highest BCUT2D eigenvalue weighted by molar-refractivity contribution is 6.16. The van der Waals surface area contributed by atoms with Gasteiger partial charge in [0.25, 0.3) is 11.8 Å². The van der Waals surface area contributed by atoms with Crippen molar-refractivity contribution in [2.24, 2.45) is 5.92 Å². The van der Waals surface area contributed by atoms with Crippen LogP contribution in [0.1, 0.15) is 65.6 Å². The molecule has 2 aliphatic rings. The normalized spacial score (nSPS) is 17.1. The summed E-state index contributed by atoms with van der Waals surface area (Å²) in [6.45, 7) is 5.33. The SMILES string of the molecule is CC(C)CCNC(=O)CCCN1C(=O)c2ccccc2N2C(=O)c3ccccc3[C@@H]12. The van der Waals surface area contributed by atoms with E-state index in [-0.39, 0.29) is 17.7 Å². The third-order valence-electron chi connectivity index (χ3n) is 5.73. The molecule has 2 aromatic rings. The molecule has 0 fully saturated rings. The highest BCUT2D eigenvalue weighted by atomic mass is 16.2. The molecule has 2 aliphatic heterocycles. The van der Waals surface area contributed by atoms with Gasteiger partial charge in [0.05, 0.1) is 11.3 Å². The van der Waals surface area contributed by atoms with Crippen LogP contribution in [0.15, 0.2) is 48.5 Å². The zero-order chi connectivity index (χ0) is 21.3. The van der Waals surface area contributed by atoms with Crippen LogP contribution >= 0.6 is 0 Å². The van der Waals surface area contributed by atoms with Crippen LogP contribution in [0.3, 0.4) is 0 Å². The predicted octanol–water partition coefficient (Wildman–Crippen LogP) is 3.74. The van der Waals surface area contributed by atoms with E-state index in [1.54, 1.807) is 15.9 Å². The number of amides is 3. The van der Waals surface area contributed by atoms with Gasteiger partial charge in [0.1, 0.15) is 6.17 Å². The number of fused-ring (bicyclic) bond motifs is 5. The van der Waals surface area contributed by atoms with Gasteiger partial charge in [-0.3, -0.25) is 19.3 Å². The van der Waals surface area contributed by atoms with Crippen molar-refractivity contribution in [3.8, 4) is 0 Å². The number of hydrogen-bond acceptors (Lipinski definition) is 3. The Morgan fingerprint density at radius 2 is 1.70 bits per heavy atom. The number of benzene rings is 2. The second kappa shape index (κ2) is 8.30. The number of rotatable bonds is 7. The summed E-state index contributed by atoms with van der Waals surface area (Å²) in [4.78, 5) is 42.0. The summed E-state index contributed by atoms with van der Waals surface area (Å²) in [5, 5.41) is 2.94. The molecule has 0 saturated carbocycles. The Hall–Kier alpha value is -3.15. The monoisotopic (exact) mass is 405 g/mol. The van der Waals surface area contributed by atoms with E-state index in [0.29, 0.717) is 48.7 Å². The number of carbonyl (C=O) groups is 3. The minimum Gasteiger partial charge on any atom is -0.356 e. The molecule has 2 aromatic carbocycles. The molecule has 3 amide bonds. The fourth-order valence-corrected chi connectivity index (χ4v) is 4.20. The first-order chi connectivity index (χ1) is 14.5. The molecule has 0 radical (unpaired) electrons. The molecule has 156 valence electrons. The van der Waals surface area contributed by atoms with Crippen molar-refractivity contribution in [3.63, 3.8) is 0 Å². The fraction of sp³-hybridized carbons (Fsp3) is 0.375. The lowest BCUT2D eigenvalue weighted by molar-refractivity contribution is -0.121. The molecular weight excluding hydrogens is 378 g/mol. The number of nitrogens with zero attached hydrogens (tertiary/aromatic N) is 2. The van der Waals surface area contributed by atoms with Gasteiger partial charge in [-0.1, -0.05) is 44.2 Å². The van der Waals surface area contributed by atoms with Gasteiger partial charge < -0.3 is 10.2 Å². The molecule has 30 heavy (non-hydrogen) atoms. The third kappa shape index (κ3) is 3.58. The van der Waals surface area contributed by atoms with Crippen LogP contribution in [-0.4, -0.2) is 35.7 Å². The first-order valence-corrected chi connectivity index (χ1v) is 10.6. The molecule has 0 aliphatic carbocycles. The molecule has 6 heteroatoms. The lowest BCUT2D eigenvalue weighted by Gasteiger charge is -2.41. The van der Waals surface area contributed by atoms with Crippen molar-refractivity contribution in [2.45, 2.75) is 39.3 Å². The molecule has 2 heterocycles. The first-order valence-electron chi connectivity index (χ1n) is 10.6. The third-order valence-corrected chi connectivity index (χ3v) is 5.73. The van der Waals surface area contributed by atoms with Crippen LogP contribution < -0.4 is 10.2 Å². The lowest BCUT2D eigenvalue weighted by atomic mass is 10.0. The fourth-order valence-electron chi connectivity index (χ4n) is 4.20. The zero-order valence-electron chi connectivity index (χ0n) is 17.4. The van der Waals surface area contributed by atoms with Crippen molar-refractivity contribution < 1.29 is 14.4 Å². The van der Waals surface area contributed by atoms with Crippen LogP contribution in [0.25, 0.3) is 0 Å². The summed E-state index contributed by atoms with van der Waals surface area (Å²) in [5.41, 5.74) is 2.64. The second-order valence-corrected chi connectivity index (χ2v) is 8.29. The van der Waals surface area contributed by atoms with Gasteiger partial charge in [-0.05, 0) is 37.0 Å². The summed E-state index contributed by atoms with van der Waals surface area (Å²) in [5.74, 6) is 0.353. The summed E-state index contributed by atoms with van der Waals surface area (Å²) in [7, 11) is 0. The number of anilines is 1. The zero-order valence-corrected chi connectivity index (χ0v) is 17.4. The summed E-state index contributed by atoms with van der Waals surface area (Å²) >= 11 is 0. The molecule has 0 unspecified atom stereocenters. The molecule has 6 nitrogen and oxygen atoms in total. The summed E-state index contributed by atoms with van der Waals surface area (Å²) in [6, 6.07) is 14.7. The van der Waals surface area contributed by atoms with Crippen LogP contribution in [0.4, 0.5) is 5.69 Å². The predicted molar refractivity (Wildman–Crippen MR) is 115 cm³/mol. The molecular formula is C24H27N3O3. The highest BCUT2D eigenvalue weighted by Crippen LogP contribution is 2.45. The lowest BCUT2D eigenvalue weighted by Crippen LogP contribution is -2.48. The largest absolute Gasteiger partial charge is 0.356 e. The summed E-state index contributed by atoms with van der Waals surface area (Å²) < 4.78 is 0. The van der Waals surface area contributed by atoms with E-state index in [9.17, 15) is 14.4 Å². The second-order valence-electron chi connectivity index (χ2n) is 8.29. The molecule has 1 atom stereocenters. The smallest absolute Gasteiger partial charge is 0.260 e. The van der Waals surface area contributed by atoms with Crippen molar-refractivity contribution in [1.82, 2.24) is 10.2 Å². The van der Waals surface area contributed by atoms with E-state index in [1.165, 1.54) is 0 Å². The van der Waals surface area contributed by atoms with Gasteiger partial charge in [0, 0.05) is 30.6 Å². The summed E-state index contributed by atoms with van der Waals surface area (Å²) in [6.07, 6.45) is 1.39. The average Bonchev–Trinajstić information content (AvgIpc) is 3.03. The van der Waals surface area contributed by atoms with Gasteiger partial charge in [-0.15, -0.1) is 0 Å². The number of carbonyl (C=O) groups excluding carboxylic acids is 3. The maximum atomic E-state index is 13.3. The maximum Gasteiger partial charge on any atom is 0.260 e. The Morgan fingerprint density at radius 1 is 1.00 bits per heavy atom. The van der Waals surface area contributed by atoms with E-state index in [0.717, 1.165) is 12.0 Å². The molecule has 1 N–H and O–H groups in total. The average molecular weight is 405 g/mol. The van der Waals surface area contributed by atoms with Crippen LogP contribution in [0.2, 0.25) is 0 Å². The van der Waals surface area contributed by atoms with Gasteiger partial charge in [-0.25, -0.2) is 0 Å². The van der Waals surface area contributed by atoms with Crippen molar-refractivity contribution >= 4 is 23.4 Å². The van der Waals surface area contributed by atoms with Gasteiger partial charge in [-0.2, -0.15) is 0 Å². The van der Waals surface area contributed by atoms with E-state index in [1.807, 2.05) is 42.5 Å². The van der Waals surface area contributed by atoms with Crippen LogP contribution in [-0.2, 0) is 4.79 Å². The van der Waals surface area contributed by atoms with Crippen molar-refractivity contribution in [1.29, 1.82) is 0 Å². The van der Waals surface area contributed by atoms with Crippen LogP contribution in [0.5, 0.6) is 0 Å². The minimum atomic E-state index is -0.458. The molecule has 0 spiro atoms. The quantitative estimate of drug-likeness (QED) is 0.763. The van der Waals surface area contributed by atoms with E-state index >= 15 is 0 Å². The number of para-hydroxylation sites is 1. The Morgan fingerprint density at radius 3 is 2.47 bits per heavy atom. The van der Waals surface area contributed by atoms with Gasteiger partial charge in [0.2, 0.25) is 5.91 Å². The molecule has 0 saturated heterocycles. The first kappa shape index (κ1) is 20.1. The molecule has 0 bridgehead atoms. The number of hydrogen-bond donors (Lipinski definition) is 1. The van der Waals surface area contributed by atoms with E-state index in [2.05, 4.69) is 19.2 Å². The topological polar surface area (TPSA) is 69.7 Å². The van der Waals surface area contributed by atoms with E-state index < -0.39 is 6.17 Å². The maximum absolute atomic E-state index is 13.3. The van der Waals surface area contributed by atoms with Crippen molar-refractivity contribution in [2.75, 3.05) is 18.0 Å². The highest BCUT2D eigenvalue weighted by Gasteiger charge is 2.47. The Bertz CT molecular complexity index is 985. The van der Waals surface area contributed by atoms with Gasteiger partial charge >= 0.3 is 0 Å².